The number of hydrogen-bond acceptors (Lipinski definition) is 3. The zero-order valence-electron chi connectivity index (χ0n) is 14.0. The molecule has 0 spiro atoms. The summed E-state index contributed by atoms with van der Waals surface area (Å²) < 4.78 is 5.79. The molecule has 1 aromatic carbocycles. The first-order valence-corrected chi connectivity index (χ1v) is 9.13. The Kier molecular flexibility index (Phi) is 4.52. The molecule has 1 aliphatic carbocycles. The molecule has 1 saturated carbocycles. The predicted octanol–water partition coefficient (Wildman–Crippen LogP) is 3.23. The number of carbonyl (C=O) groups is 1. The molecule has 4 rings (SSSR count). The molecule has 5 heteroatoms. The van der Waals surface area contributed by atoms with E-state index < -0.39 is 0 Å². The maximum atomic E-state index is 12.5. The van der Waals surface area contributed by atoms with E-state index in [1.807, 2.05) is 29.2 Å². The fourth-order valence-electron chi connectivity index (χ4n) is 3.93. The van der Waals surface area contributed by atoms with E-state index in [1.165, 1.54) is 12.8 Å². The van der Waals surface area contributed by atoms with Gasteiger partial charge in [0.2, 0.25) is 5.91 Å². The average molecular weight is 327 g/mol. The van der Waals surface area contributed by atoms with Gasteiger partial charge in [0.15, 0.2) is 0 Å². The number of piperidine rings is 1. The van der Waals surface area contributed by atoms with Crippen molar-refractivity contribution in [1.82, 2.24) is 14.9 Å². The van der Waals surface area contributed by atoms with Gasteiger partial charge in [0.1, 0.15) is 12.4 Å². The summed E-state index contributed by atoms with van der Waals surface area (Å²) in [6, 6.07) is 8.09. The molecule has 1 aromatic heterocycles. The molecule has 0 bridgehead atoms. The van der Waals surface area contributed by atoms with Crippen molar-refractivity contribution < 1.29 is 9.53 Å². The van der Waals surface area contributed by atoms with Crippen LogP contribution in [-0.2, 0) is 9.53 Å². The van der Waals surface area contributed by atoms with E-state index in [9.17, 15) is 4.79 Å². The van der Waals surface area contributed by atoms with Crippen LogP contribution in [0.1, 0.15) is 50.3 Å². The van der Waals surface area contributed by atoms with Crippen molar-refractivity contribution in [2.75, 3.05) is 19.7 Å². The van der Waals surface area contributed by atoms with Crippen LogP contribution in [0, 0.1) is 0 Å². The smallest absolute Gasteiger partial charge is 0.248 e. The van der Waals surface area contributed by atoms with E-state index in [4.69, 9.17) is 9.72 Å². The van der Waals surface area contributed by atoms with Gasteiger partial charge in [-0.3, -0.25) is 4.79 Å². The molecule has 2 fully saturated rings. The molecule has 1 amide bonds. The summed E-state index contributed by atoms with van der Waals surface area (Å²) in [6.45, 7) is 1.81. The number of rotatable bonds is 4. The highest BCUT2D eigenvalue weighted by Gasteiger charge is 2.27. The van der Waals surface area contributed by atoms with Gasteiger partial charge in [-0.25, -0.2) is 4.98 Å². The molecule has 2 aliphatic rings. The molecular weight excluding hydrogens is 302 g/mol. The number of likely N-dealkylation sites (tertiary alicyclic amines) is 1. The highest BCUT2D eigenvalue weighted by atomic mass is 16.5. The zero-order chi connectivity index (χ0) is 16.4. The van der Waals surface area contributed by atoms with Crippen molar-refractivity contribution >= 4 is 16.9 Å². The first kappa shape index (κ1) is 15.6. The average Bonchev–Trinajstić information content (AvgIpc) is 3.29. The number of imidazole rings is 1. The van der Waals surface area contributed by atoms with Crippen LogP contribution in [-0.4, -0.2) is 46.6 Å². The van der Waals surface area contributed by atoms with Crippen LogP contribution in [0.25, 0.3) is 11.0 Å². The van der Waals surface area contributed by atoms with E-state index in [2.05, 4.69) is 4.98 Å². The van der Waals surface area contributed by atoms with E-state index >= 15 is 0 Å². The number of H-pyrrole nitrogens is 1. The summed E-state index contributed by atoms with van der Waals surface area (Å²) in [5, 5.41) is 0. The first-order chi connectivity index (χ1) is 11.8. The van der Waals surface area contributed by atoms with Gasteiger partial charge in [0.25, 0.3) is 0 Å². The molecular formula is C19H25N3O2. The third kappa shape index (κ3) is 3.31. The summed E-state index contributed by atoms with van der Waals surface area (Å²) >= 11 is 0. The minimum Gasteiger partial charge on any atom is -0.368 e. The van der Waals surface area contributed by atoms with Crippen molar-refractivity contribution in [3.63, 3.8) is 0 Å². The molecule has 128 valence electrons. The van der Waals surface area contributed by atoms with E-state index in [0.717, 1.165) is 55.6 Å². The number of aromatic nitrogens is 2. The Hall–Kier alpha value is -1.88. The molecule has 1 aliphatic heterocycles. The molecule has 1 unspecified atom stereocenters. The minimum atomic E-state index is 0.128. The largest absolute Gasteiger partial charge is 0.368 e. The number of benzene rings is 1. The fraction of sp³-hybridized carbons (Fsp3) is 0.579. The van der Waals surface area contributed by atoms with Crippen molar-refractivity contribution in [3.8, 4) is 0 Å². The minimum absolute atomic E-state index is 0.128. The Morgan fingerprint density at radius 1 is 1.21 bits per heavy atom. The third-order valence-electron chi connectivity index (χ3n) is 5.31. The molecule has 2 aromatic rings. The van der Waals surface area contributed by atoms with Crippen LogP contribution < -0.4 is 0 Å². The van der Waals surface area contributed by atoms with Crippen LogP contribution >= 0.6 is 0 Å². The second-order valence-corrected chi connectivity index (χ2v) is 7.04. The van der Waals surface area contributed by atoms with Crippen molar-refractivity contribution in [2.24, 2.45) is 0 Å². The number of para-hydroxylation sites is 2. The fourth-order valence-corrected chi connectivity index (χ4v) is 3.93. The van der Waals surface area contributed by atoms with Gasteiger partial charge in [-0.15, -0.1) is 0 Å². The van der Waals surface area contributed by atoms with Crippen LogP contribution in [0.4, 0.5) is 0 Å². The van der Waals surface area contributed by atoms with Crippen molar-refractivity contribution in [2.45, 2.75) is 50.5 Å². The molecule has 5 nitrogen and oxygen atoms in total. The Balaban J connectivity index is 1.38. The van der Waals surface area contributed by atoms with Gasteiger partial charge < -0.3 is 14.6 Å². The lowest BCUT2D eigenvalue weighted by atomic mass is 9.97. The lowest BCUT2D eigenvalue weighted by Crippen LogP contribution is -2.41. The van der Waals surface area contributed by atoms with Gasteiger partial charge >= 0.3 is 0 Å². The van der Waals surface area contributed by atoms with Crippen LogP contribution in [0.5, 0.6) is 0 Å². The molecule has 1 N–H and O–H groups in total. The Labute approximate surface area is 142 Å². The van der Waals surface area contributed by atoms with Gasteiger partial charge in [-0.2, -0.15) is 0 Å². The van der Waals surface area contributed by atoms with Crippen LogP contribution in [0.2, 0.25) is 0 Å². The third-order valence-corrected chi connectivity index (χ3v) is 5.31. The Morgan fingerprint density at radius 2 is 2.04 bits per heavy atom. The van der Waals surface area contributed by atoms with Crippen molar-refractivity contribution in [1.29, 1.82) is 0 Å². The van der Waals surface area contributed by atoms with E-state index in [1.54, 1.807) is 0 Å². The number of ether oxygens (including phenoxy) is 1. The van der Waals surface area contributed by atoms with Gasteiger partial charge in [0.05, 0.1) is 17.1 Å². The molecule has 24 heavy (non-hydrogen) atoms. The lowest BCUT2D eigenvalue weighted by molar-refractivity contribution is -0.139. The van der Waals surface area contributed by atoms with E-state index in [0.29, 0.717) is 12.0 Å². The van der Waals surface area contributed by atoms with Gasteiger partial charge in [-0.1, -0.05) is 25.0 Å². The number of carbonyl (C=O) groups excluding carboxylic acids is 1. The molecule has 0 radical (unpaired) electrons. The molecule has 2 heterocycles. The SMILES string of the molecule is O=C(COC1CCCC1)N1CCCC(c2nc3ccccc3[nH]2)C1. The maximum absolute atomic E-state index is 12.5. The van der Waals surface area contributed by atoms with Gasteiger partial charge in [-0.05, 0) is 37.8 Å². The molecule has 1 saturated heterocycles. The number of amides is 1. The zero-order valence-corrected chi connectivity index (χ0v) is 14.0. The number of aromatic amines is 1. The predicted molar refractivity (Wildman–Crippen MR) is 92.9 cm³/mol. The number of hydrogen-bond donors (Lipinski definition) is 1. The van der Waals surface area contributed by atoms with Crippen molar-refractivity contribution in [3.05, 3.63) is 30.1 Å². The van der Waals surface area contributed by atoms with Gasteiger partial charge in [0, 0.05) is 19.0 Å². The maximum Gasteiger partial charge on any atom is 0.248 e. The second-order valence-electron chi connectivity index (χ2n) is 7.04. The quantitative estimate of drug-likeness (QED) is 0.938. The second kappa shape index (κ2) is 6.93. The standard InChI is InChI=1S/C19H25N3O2/c23-18(13-24-15-7-1-2-8-15)22-11-5-6-14(12-22)19-20-16-9-3-4-10-17(16)21-19/h3-4,9-10,14-15H,1-2,5-8,11-13H2,(H,20,21). The summed E-state index contributed by atoms with van der Waals surface area (Å²) in [5.41, 5.74) is 2.07. The monoisotopic (exact) mass is 327 g/mol. The first-order valence-electron chi connectivity index (χ1n) is 9.13. The Bertz CT molecular complexity index is 672. The summed E-state index contributed by atoms with van der Waals surface area (Å²) in [6.07, 6.45) is 7.08. The highest BCUT2D eigenvalue weighted by molar-refractivity contribution is 5.78. The normalized spacial score (nSPS) is 22.3. The molecule has 1 atom stereocenters. The number of fused-ring (bicyclic) bond motifs is 1. The highest BCUT2D eigenvalue weighted by Crippen LogP contribution is 2.27. The number of nitrogens with one attached hydrogen (secondary N) is 1. The summed E-state index contributed by atoms with van der Waals surface area (Å²) in [5.74, 6) is 1.43. The lowest BCUT2D eigenvalue weighted by Gasteiger charge is -2.32. The van der Waals surface area contributed by atoms with Crippen LogP contribution in [0.15, 0.2) is 24.3 Å². The van der Waals surface area contributed by atoms with Crippen LogP contribution in [0.3, 0.4) is 0 Å². The van der Waals surface area contributed by atoms with E-state index in [-0.39, 0.29) is 12.5 Å². The summed E-state index contributed by atoms with van der Waals surface area (Å²) in [4.78, 5) is 22.6. The Morgan fingerprint density at radius 3 is 2.88 bits per heavy atom. The topological polar surface area (TPSA) is 58.2 Å². The number of nitrogens with zero attached hydrogens (tertiary/aromatic N) is 2. The summed E-state index contributed by atoms with van der Waals surface area (Å²) in [7, 11) is 0.